The molecule has 156 valence electrons. The van der Waals surface area contributed by atoms with Gasteiger partial charge in [-0.1, -0.05) is 30.3 Å². The molecule has 0 aliphatic heterocycles. The van der Waals surface area contributed by atoms with Gasteiger partial charge in [0, 0.05) is 5.69 Å². The minimum Gasteiger partial charge on any atom is -0.487 e. The van der Waals surface area contributed by atoms with Gasteiger partial charge in [0.05, 0.1) is 8.95 Å². The van der Waals surface area contributed by atoms with Crippen molar-refractivity contribution in [3.63, 3.8) is 0 Å². The number of anilines is 1. The molecule has 0 saturated heterocycles. The van der Waals surface area contributed by atoms with E-state index < -0.39 is 5.91 Å². The third-order valence-electron chi connectivity index (χ3n) is 4.39. The van der Waals surface area contributed by atoms with Crippen molar-refractivity contribution >= 4 is 49.5 Å². The number of hydrogen-bond donors (Lipinski definition) is 1. The molecule has 0 aliphatic rings. The van der Waals surface area contributed by atoms with Crippen LogP contribution in [0.3, 0.4) is 0 Å². The van der Waals surface area contributed by atoms with Crippen LogP contribution in [0, 0.1) is 24.1 Å². The molecule has 0 heterocycles. The Morgan fingerprint density at radius 1 is 1.13 bits per heavy atom. The van der Waals surface area contributed by atoms with E-state index in [0.29, 0.717) is 25.9 Å². The average Bonchev–Trinajstić information content (AvgIpc) is 2.74. The molecular formula is C24H17Br2FN2O2. The fourth-order valence-electron chi connectivity index (χ4n) is 2.75. The van der Waals surface area contributed by atoms with Crippen molar-refractivity contribution < 1.29 is 13.9 Å². The van der Waals surface area contributed by atoms with E-state index in [1.165, 1.54) is 18.2 Å². The van der Waals surface area contributed by atoms with Crippen LogP contribution in [0.4, 0.5) is 10.1 Å². The first-order chi connectivity index (χ1) is 14.9. The fraction of sp³-hybridized carbons (Fsp3) is 0.0833. The quantitative estimate of drug-likeness (QED) is 0.275. The lowest BCUT2D eigenvalue weighted by atomic mass is 10.1. The van der Waals surface area contributed by atoms with Crippen molar-refractivity contribution in [3.8, 4) is 11.8 Å². The number of aryl methyl sites for hydroxylation is 1. The van der Waals surface area contributed by atoms with E-state index in [-0.39, 0.29) is 18.0 Å². The Kier molecular flexibility index (Phi) is 7.61. The van der Waals surface area contributed by atoms with E-state index in [2.05, 4.69) is 37.2 Å². The molecule has 1 N–H and O–H groups in total. The molecule has 3 aromatic rings. The van der Waals surface area contributed by atoms with Crippen molar-refractivity contribution in [1.29, 1.82) is 5.26 Å². The Morgan fingerprint density at radius 2 is 1.77 bits per heavy atom. The Labute approximate surface area is 196 Å². The maximum absolute atomic E-state index is 13.0. The van der Waals surface area contributed by atoms with Crippen molar-refractivity contribution in [2.75, 3.05) is 5.32 Å². The molecule has 0 unspecified atom stereocenters. The Balaban J connectivity index is 1.78. The number of benzene rings is 3. The molecule has 4 nitrogen and oxygen atoms in total. The van der Waals surface area contributed by atoms with Crippen LogP contribution in [-0.2, 0) is 11.4 Å². The lowest BCUT2D eigenvalue weighted by Crippen LogP contribution is -2.14. The number of amides is 1. The fourth-order valence-corrected chi connectivity index (χ4v) is 4.21. The van der Waals surface area contributed by atoms with Gasteiger partial charge in [0.2, 0.25) is 0 Å². The highest BCUT2D eigenvalue weighted by Gasteiger charge is 2.13. The van der Waals surface area contributed by atoms with Crippen LogP contribution in [0.1, 0.15) is 16.7 Å². The van der Waals surface area contributed by atoms with Gasteiger partial charge in [-0.05, 0) is 91.9 Å². The van der Waals surface area contributed by atoms with Crippen LogP contribution in [0.5, 0.6) is 5.75 Å². The summed E-state index contributed by atoms with van der Waals surface area (Å²) in [6.07, 6.45) is 1.51. The molecule has 3 rings (SSSR count). The summed E-state index contributed by atoms with van der Waals surface area (Å²) in [6, 6.07) is 18.9. The molecule has 31 heavy (non-hydrogen) atoms. The van der Waals surface area contributed by atoms with Gasteiger partial charge in [0.25, 0.3) is 5.91 Å². The summed E-state index contributed by atoms with van der Waals surface area (Å²) < 4.78 is 20.2. The van der Waals surface area contributed by atoms with E-state index in [1.54, 1.807) is 30.3 Å². The van der Waals surface area contributed by atoms with Gasteiger partial charge in [0.15, 0.2) is 0 Å². The van der Waals surface area contributed by atoms with Crippen molar-refractivity contribution in [3.05, 3.63) is 97.7 Å². The summed E-state index contributed by atoms with van der Waals surface area (Å²) in [5.41, 5.74) is 3.00. The summed E-state index contributed by atoms with van der Waals surface area (Å²) in [5, 5.41) is 12.2. The number of nitrogens with zero attached hydrogens (tertiary/aromatic N) is 1. The summed E-state index contributed by atoms with van der Waals surface area (Å²) in [7, 11) is 0. The molecule has 0 aromatic heterocycles. The highest BCUT2D eigenvalue weighted by Crippen LogP contribution is 2.36. The minimum atomic E-state index is -0.485. The lowest BCUT2D eigenvalue weighted by molar-refractivity contribution is -0.112. The number of ether oxygens (including phenoxy) is 1. The van der Waals surface area contributed by atoms with Crippen LogP contribution in [0.15, 0.2) is 75.2 Å². The van der Waals surface area contributed by atoms with Gasteiger partial charge in [0.1, 0.15) is 29.8 Å². The number of nitrogens with one attached hydrogen (secondary N) is 1. The third kappa shape index (κ3) is 6.03. The van der Waals surface area contributed by atoms with Gasteiger partial charge in [-0.3, -0.25) is 4.79 Å². The zero-order valence-electron chi connectivity index (χ0n) is 16.5. The van der Waals surface area contributed by atoms with Crippen LogP contribution in [-0.4, -0.2) is 5.91 Å². The number of carbonyl (C=O) groups excluding carboxylic acids is 1. The lowest BCUT2D eigenvalue weighted by Gasteiger charge is -2.12. The Hall–Kier alpha value is -2.95. The number of hydrogen-bond acceptors (Lipinski definition) is 3. The number of rotatable bonds is 6. The normalized spacial score (nSPS) is 11.0. The molecule has 0 radical (unpaired) electrons. The number of carbonyl (C=O) groups is 1. The van der Waals surface area contributed by atoms with Crippen molar-refractivity contribution in [1.82, 2.24) is 0 Å². The maximum atomic E-state index is 13.0. The second kappa shape index (κ2) is 10.4. The second-order valence-electron chi connectivity index (χ2n) is 6.67. The third-order valence-corrected chi connectivity index (χ3v) is 5.56. The van der Waals surface area contributed by atoms with Gasteiger partial charge in [-0.25, -0.2) is 4.39 Å². The van der Waals surface area contributed by atoms with Crippen LogP contribution in [0.25, 0.3) is 6.08 Å². The first-order valence-electron chi connectivity index (χ1n) is 9.22. The molecule has 0 spiro atoms. The number of nitriles is 1. The topological polar surface area (TPSA) is 62.1 Å². The van der Waals surface area contributed by atoms with Crippen LogP contribution in [0.2, 0.25) is 0 Å². The first-order valence-corrected chi connectivity index (χ1v) is 10.8. The molecule has 0 bridgehead atoms. The zero-order valence-corrected chi connectivity index (χ0v) is 19.6. The van der Waals surface area contributed by atoms with Crippen LogP contribution < -0.4 is 10.1 Å². The van der Waals surface area contributed by atoms with Crippen LogP contribution >= 0.6 is 31.9 Å². The molecule has 3 aromatic carbocycles. The van der Waals surface area contributed by atoms with Gasteiger partial charge < -0.3 is 10.1 Å². The smallest absolute Gasteiger partial charge is 0.266 e. The van der Waals surface area contributed by atoms with Gasteiger partial charge in [-0.15, -0.1) is 0 Å². The molecule has 7 heteroatoms. The molecule has 0 saturated carbocycles. The summed E-state index contributed by atoms with van der Waals surface area (Å²) >= 11 is 6.94. The summed E-state index contributed by atoms with van der Waals surface area (Å²) in [4.78, 5) is 12.5. The van der Waals surface area contributed by atoms with Gasteiger partial charge >= 0.3 is 0 Å². The zero-order chi connectivity index (χ0) is 22.4. The van der Waals surface area contributed by atoms with Crippen molar-refractivity contribution in [2.45, 2.75) is 13.5 Å². The van der Waals surface area contributed by atoms with E-state index in [9.17, 15) is 14.4 Å². The number of halogens is 3. The summed E-state index contributed by atoms with van der Waals surface area (Å²) in [5.74, 6) is -0.230. The monoisotopic (exact) mass is 542 g/mol. The first kappa shape index (κ1) is 22.7. The second-order valence-corrected chi connectivity index (χ2v) is 8.38. The molecule has 0 aliphatic carbocycles. The standard InChI is InChI=1S/C24H17Br2FN2O2/c1-15-4-2-3-5-22(15)29-24(30)18(13-28)10-17-11-20(25)23(21(26)12-17)31-14-16-6-8-19(27)9-7-16/h2-12H,14H2,1H3,(H,29,30)/b18-10-. The molecule has 0 fully saturated rings. The van der Waals surface area contributed by atoms with E-state index in [0.717, 1.165) is 11.1 Å². The van der Waals surface area contributed by atoms with E-state index in [4.69, 9.17) is 4.74 Å². The Bertz CT molecular complexity index is 1160. The van der Waals surface area contributed by atoms with Crippen molar-refractivity contribution in [2.24, 2.45) is 0 Å². The Morgan fingerprint density at radius 3 is 2.39 bits per heavy atom. The SMILES string of the molecule is Cc1ccccc1NC(=O)/C(C#N)=C\c1cc(Br)c(OCc2ccc(F)cc2)c(Br)c1. The molecule has 0 atom stereocenters. The summed E-state index contributed by atoms with van der Waals surface area (Å²) in [6.45, 7) is 2.14. The molecule has 1 amide bonds. The minimum absolute atomic E-state index is 0.0259. The predicted octanol–water partition coefficient (Wildman–Crippen LogP) is 6.78. The number of para-hydroxylation sites is 1. The largest absolute Gasteiger partial charge is 0.487 e. The van der Waals surface area contributed by atoms with Gasteiger partial charge in [-0.2, -0.15) is 5.26 Å². The van der Waals surface area contributed by atoms with E-state index >= 15 is 0 Å². The maximum Gasteiger partial charge on any atom is 0.266 e. The van der Waals surface area contributed by atoms with E-state index in [1.807, 2.05) is 31.2 Å². The highest BCUT2D eigenvalue weighted by atomic mass is 79.9. The average molecular weight is 544 g/mol. The molecular weight excluding hydrogens is 527 g/mol. The predicted molar refractivity (Wildman–Crippen MR) is 126 cm³/mol. The highest BCUT2D eigenvalue weighted by molar-refractivity contribution is 9.11.